The molecule has 0 aliphatic heterocycles. The van der Waals surface area contributed by atoms with Crippen LogP contribution in [0, 0.1) is 13.8 Å². The molecule has 1 aromatic heterocycles. The van der Waals surface area contributed by atoms with Crippen molar-refractivity contribution in [3.05, 3.63) is 52.8 Å². The molecule has 0 aliphatic carbocycles. The van der Waals surface area contributed by atoms with Crippen LogP contribution >= 0.6 is 0 Å². The molecule has 21 heavy (non-hydrogen) atoms. The SMILES string of the molecule is Cc1cc(C)cc(C(=O)NC(C(=O)O)c2cnn(C)c2)c1. The van der Waals surface area contributed by atoms with Gasteiger partial charge < -0.3 is 10.4 Å². The quantitative estimate of drug-likeness (QED) is 0.894. The molecule has 0 fully saturated rings. The van der Waals surface area contributed by atoms with Crippen LogP contribution in [0.2, 0.25) is 0 Å². The molecule has 0 saturated heterocycles. The Morgan fingerprint density at radius 3 is 2.33 bits per heavy atom. The molecule has 0 aliphatic rings. The Hall–Kier alpha value is -2.63. The molecule has 2 aromatic rings. The van der Waals surface area contributed by atoms with Gasteiger partial charge in [0.25, 0.3) is 5.91 Å². The Morgan fingerprint density at radius 1 is 1.24 bits per heavy atom. The molecule has 2 N–H and O–H groups in total. The third-order valence-electron chi connectivity index (χ3n) is 3.06. The number of amides is 1. The summed E-state index contributed by atoms with van der Waals surface area (Å²) >= 11 is 0. The summed E-state index contributed by atoms with van der Waals surface area (Å²) in [5.41, 5.74) is 2.78. The predicted molar refractivity (Wildman–Crippen MR) is 77.0 cm³/mol. The summed E-state index contributed by atoms with van der Waals surface area (Å²) in [5, 5.41) is 15.7. The third kappa shape index (κ3) is 3.47. The summed E-state index contributed by atoms with van der Waals surface area (Å²) in [6.07, 6.45) is 3.00. The van der Waals surface area contributed by atoms with E-state index >= 15 is 0 Å². The maximum atomic E-state index is 12.2. The molecule has 0 radical (unpaired) electrons. The number of hydrogen-bond donors (Lipinski definition) is 2. The van der Waals surface area contributed by atoms with Crippen molar-refractivity contribution in [3.63, 3.8) is 0 Å². The molecule has 110 valence electrons. The minimum Gasteiger partial charge on any atom is -0.479 e. The maximum Gasteiger partial charge on any atom is 0.331 e. The van der Waals surface area contributed by atoms with Crippen LogP contribution < -0.4 is 5.32 Å². The molecule has 6 nitrogen and oxygen atoms in total. The first-order valence-electron chi connectivity index (χ1n) is 6.47. The van der Waals surface area contributed by atoms with E-state index in [0.717, 1.165) is 11.1 Å². The molecule has 1 unspecified atom stereocenters. The van der Waals surface area contributed by atoms with E-state index in [4.69, 9.17) is 0 Å². The summed E-state index contributed by atoms with van der Waals surface area (Å²) in [6.45, 7) is 3.78. The fourth-order valence-corrected chi connectivity index (χ4v) is 2.20. The van der Waals surface area contributed by atoms with Crippen LogP contribution in [0.15, 0.2) is 30.6 Å². The van der Waals surface area contributed by atoms with Crippen LogP contribution in [0.4, 0.5) is 0 Å². The van der Waals surface area contributed by atoms with Crippen molar-refractivity contribution in [1.29, 1.82) is 0 Å². The molecular weight excluding hydrogens is 270 g/mol. The zero-order chi connectivity index (χ0) is 15.6. The normalized spacial score (nSPS) is 12.0. The lowest BCUT2D eigenvalue weighted by molar-refractivity contribution is -0.139. The summed E-state index contributed by atoms with van der Waals surface area (Å²) in [4.78, 5) is 23.6. The van der Waals surface area contributed by atoms with E-state index in [1.165, 1.54) is 10.9 Å². The highest BCUT2D eigenvalue weighted by Gasteiger charge is 2.24. The number of hydrogen-bond acceptors (Lipinski definition) is 3. The number of carbonyl (C=O) groups excluding carboxylic acids is 1. The molecule has 1 heterocycles. The first kappa shape index (κ1) is 14.8. The molecule has 0 spiro atoms. The highest BCUT2D eigenvalue weighted by atomic mass is 16.4. The van der Waals surface area contributed by atoms with Gasteiger partial charge in [-0.1, -0.05) is 17.2 Å². The Balaban J connectivity index is 2.24. The summed E-state index contributed by atoms with van der Waals surface area (Å²) in [6, 6.07) is 4.29. The van der Waals surface area contributed by atoms with Crippen LogP contribution in [0.25, 0.3) is 0 Å². The molecule has 1 amide bonds. The zero-order valence-corrected chi connectivity index (χ0v) is 12.1. The van der Waals surface area contributed by atoms with Crippen molar-refractivity contribution < 1.29 is 14.7 Å². The number of nitrogens with zero attached hydrogens (tertiary/aromatic N) is 2. The van der Waals surface area contributed by atoms with Gasteiger partial charge in [-0.2, -0.15) is 5.10 Å². The number of aromatic nitrogens is 2. The van der Waals surface area contributed by atoms with Gasteiger partial charge in [0.1, 0.15) is 0 Å². The predicted octanol–water partition coefficient (Wildman–Crippen LogP) is 1.59. The first-order valence-corrected chi connectivity index (χ1v) is 6.47. The van der Waals surface area contributed by atoms with E-state index in [1.54, 1.807) is 25.4 Å². The third-order valence-corrected chi connectivity index (χ3v) is 3.06. The lowest BCUT2D eigenvalue weighted by atomic mass is 10.1. The van der Waals surface area contributed by atoms with Gasteiger partial charge in [0.15, 0.2) is 6.04 Å². The van der Waals surface area contributed by atoms with Crippen LogP contribution in [-0.4, -0.2) is 26.8 Å². The smallest absolute Gasteiger partial charge is 0.331 e. The van der Waals surface area contributed by atoms with Crippen molar-refractivity contribution >= 4 is 11.9 Å². The minimum atomic E-state index is -1.12. The van der Waals surface area contributed by atoms with E-state index in [9.17, 15) is 14.7 Å². The van der Waals surface area contributed by atoms with Crippen LogP contribution in [0.1, 0.15) is 33.1 Å². The molecule has 6 heteroatoms. The van der Waals surface area contributed by atoms with Gasteiger partial charge in [-0.05, 0) is 26.0 Å². The van der Waals surface area contributed by atoms with Gasteiger partial charge >= 0.3 is 5.97 Å². The number of rotatable bonds is 4. The highest BCUT2D eigenvalue weighted by Crippen LogP contribution is 2.14. The monoisotopic (exact) mass is 287 g/mol. The van der Waals surface area contributed by atoms with E-state index in [1.807, 2.05) is 19.9 Å². The number of aryl methyl sites for hydroxylation is 3. The largest absolute Gasteiger partial charge is 0.479 e. The average molecular weight is 287 g/mol. The number of carbonyl (C=O) groups is 2. The van der Waals surface area contributed by atoms with Gasteiger partial charge in [0.2, 0.25) is 0 Å². The van der Waals surface area contributed by atoms with Crippen molar-refractivity contribution in [3.8, 4) is 0 Å². The van der Waals surface area contributed by atoms with Gasteiger partial charge in [-0.25, -0.2) is 4.79 Å². The fourth-order valence-electron chi connectivity index (χ4n) is 2.20. The Labute approximate surface area is 122 Å². The topological polar surface area (TPSA) is 84.2 Å². The van der Waals surface area contributed by atoms with E-state index in [2.05, 4.69) is 10.4 Å². The maximum absolute atomic E-state index is 12.2. The fraction of sp³-hybridized carbons (Fsp3) is 0.267. The van der Waals surface area contributed by atoms with Crippen molar-refractivity contribution in [2.45, 2.75) is 19.9 Å². The molecular formula is C15H17N3O3. The average Bonchev–Trinajstić information content (AvgIpc) is 2.80. The van der Waals surface area contributed by atoms with Gasteiger partial charge in [0.05, 0.1) is 6.20 Å². The van der Waals surface area contributed by atoms with E-state index in [-0.39, 0.29) is 0 Å². The molecule has 1 atom stereocenters. The second kappa shape index (κ2) is 5.78. The molecule has 2 rings (SSSR count). The number of carboxylic acid groups (broad SMARTS) is 1. The Morgan fingerprint density at radius 2 is 1.86 bits per heavy atom. The summed E-state index contributed by atoms with van der Waals surface area (Å²) in [5.74, 6) is -1.54. The Bertz CT molecular complexity index is 671. The molecule has 0 bridgehead atoms. The zero-order valence-electron chi connectivity index (χ0n) is 12.1. The van der Waals surface area contributed by atoms with Gasteiger partial charge in [0, 0.05) is 24.4 Å². The highest BCUT2D eigenvalue weighted by molar-refractivity contribution is 5.97. The standard InChI is InChI=1S/C15H17N3O3/c1-9-4-10(2)6-11(5-9)14(19)17-13(15(20)21)12-7-16-18(3)8-12/h4-8,13H,1-3H3,(H,17,19)(H,20,21). The Kier molecular flexibility index (Phi) is 4.07. The summed E-state index contributed by atoms with van der Waals surface area (Å²) < 4.78 is 1.49. The number of nitrogens with one attached hydrogen (secondary N) is 1. The van der Waals surface area contributed by atoms with Crippen LogP contribution in [0.3, 0.4) is 0 Å². The van der Waals surface area contributed by atoms with Crippen molar-refractivity contribution in [2.24, 2.45) is 7.05 Å². The number of aliphatic carboxylic acids is 1. The van der Waals surface area contributed by atoms with Crippen LogP contribution in [-0.2, 0) is 11.8 Å². The van der Waals surface area contributed by atoms with Gasteiger partial charge in [-0.3, -0.25) is 9.48 Å². The first-order chi connectivity index (χ1) is 9.86. The number of carboxylic acids is 1. The van der Waals surface area contributed by atoms with Gasteiger partial charge in [-0.15, -0.1) is 0 Å². The number of benzene rings is 1. The molecule has 1 aromatic carbocycles. The molecule has 0 saturated carbocycles. The van der Waals surface area contributed by atoms with Crippen molar-refractivity contribution in [1.82, 2.24) is 15.1 Å². The second-order valence-corrected chi connectivity index (χ2v) is 5.07. The second-order valence-electron chi connectivity index (χ2n) is 5.07. The van der Waals surface area contributed by atoms with E-state index in [0.29, 0.717) is 11.1 Å². The van der Waals surface area contributed by atoms with Crippen molar-refractivity contribution in [2.75, 3.05) is 0 Å². The minimum absolute atomic E-state index is 0.418. The van der Waals surface area contributed by atoms with E-state index < -0.39 is 17.9 Å². The van der Waals surface area contributed by atoms with Crippen LogP contribution in [0.5, 0.6) is 0 Å². The lowest BCUT2D eigenvalue weighted by Gasteiger charge is -2.13. The lowest BCUT2D eigenvalue weighted by Crippen LogP contribution is -2.33. The summed E-state index contributed by atoms with van der Waals surface area (Å²) in [7, 11) is 1.69.